The molecule has 0 saturated carbocycles. The summed E-state index contributed by atoms with van der Waals surface area (Å²) in [6.45, 7) is 7.69. The second kappa shape index (κ2) is 3.99. The predicted molar refractivity (Wildman–Crippen MR) is 69.0 cm³/mol. The summed E-state index contributed by atoms with van der Waals surface area (Å²) in [5.41, 5.74) is 1.33. The molecule has 2 rings (SSSR count). The molecule has 0 unspecified atom stereocenters. The average molecular weight is 230 g/mol. The lowest BCUT2D eigenvalue weighted by Crippen LogP contribution is -2.33. The molecule has 17 heavy (non-hydrogen) atoms. The molecular formula is C14H18N2O. The topological polar surface area (TPSA) is 45.8 Å². The zero-order valence-electron chi connectivity index (χ0n) is 10.7. The number of para-hydroxylation sites is 2. The van der Waals surface area contributed by atoms with Crippen molar-refractivity contribution in [3.63, 3.8) is 0 Å². The van der Waals surface area contributed by atoms with Gasteiger partial charge in [0.1, 0.15) is 11.6 Å². The number of H-pyrrole nitrogens is 1. The summed E-state index contributed by atoms with van der Waals surface area (Å²) in [4.78, 5) is 19.9. The zero-order valence-corrected chi connectivity index (χ0v) is 10.7. The van der Waals surface area contributed by atoms with Crippen LogP contribution in [0.25, 0.3) is 11.0 Å². The highest BCUT2D eigenvalue weighted by Crippen LogP contribution is 2.26. The lowest BCUT2D eigenvalue weighted by Gasteiger charge is -2.22. The second-order valence-electron chi connectivity index (χ2n) is 5.25. The van der Waals surface area contributed by atoms with Crippen LogP contribution in [0.1, 0.15) is 33.5 Å². The van der Waals surface area contributed by atoms with Gasteiger partial charge in [0.25, 0.3) is 0 Å². The first-order valence-electron chi connectivity index (χ1n) is 5.92. The number of benzene rings is 1. The van der Waals surface area contributed by atoms with Crippen LogP contribution in [0.15, 0.2) is 24.3 Å². The Bertz CT molecular complexity index is 519. The van der Waals surface area contributed by atoms with E-state index < -0.39 is 5.41 Å². The fourth-order valence-electron chi connectivity index (χ4n) is 2.09. The van der Waals surface area contributed by atoms with E-state index in [0.29, 0.717) is 0 Å². The van der Waals surface area contributed by atoms with Crippen molar-refractivity contribution in [1.82, 2.24) is 9.97 Å². The summed E-state index contributed by atoms with van der Waals surface area (Å²) >= 11 is 0. The zero-order chi connectivity index (χ0) is 12.6. The van der Waals surface area contributed by atoms with Gasteiger partial charge in [0.2, 0.25) is 0 Å². The Balaban J connectivity index is 2.49. The third-order valence-corrected chi connectivity index (χ3v) is 3.12. The van der Waals surface area contributed by atoms with Crippen LogP contribution in [0, 0.1) is 5.92 Å². The van der Waals surface area contributed by atoms with E-state index >= 15 is 0 Å². The van der Waals surface area contributed by atoms with Gasteiger partial charge in [0, 0.05) is 5.92 Å². The summed E-state index contributed by atoms with van der Waals surface area (Å²) in [6.07, 6.45) is 0. The SMILES string of the molecule is CC(C)C(=O)C(C)(C)c1nc2ccccc2[nH]1. The Morgan fingerprint density at radius 2 is 1.94 bits per heavy atom. The predicted octanol–water partition coefficient (Wildman–Crippen LogP) is 3.07. The third-order valence-electron chi connectivity index (χ3n) is 3.12. The molecule has 0 bridgehead atoms. The molecule has 0 amide bonds. The number of carbonyl (C=O) groups excluding carboxylic acids is 1. The second-order valence-corrected chi connectivity index (χ2v) is 5.25. The van der Waals surface area contributed by atoms with E-state index in [9.17, 15) is 4.79 Å². The summed E-state index contributed by atoms with van der Waals surface area (Å²) < 4.78 is 0. The number of nitrogens with one attached hydrogen (secondary N) is 1. The number of aromatic amines is 1. The highest BCUT2D eigenvalue weighted by molar-refractivity contribution is 5.90. The van der Waals surface area contributed by atoms with Crippen LogP contribution in [0.2, 0.25) is 0 Å². The van der Waals surface area contributed by atoms with Crippen molar-refractivity contribution in [1.29, 1.82) is 0 Å². The van der Waals surface area contributed by atoms with Gasteiger partial charge in [-0.25, -0.2) is 4.98 Å². The third kappa shape index (κ3) is 1.97. The maximum absolute atomic E-state index is 12.2. The van der Waals surface area contributed by atoms with Crippen LogP contribution >= 0.6 is 0 Å². The van der Waals surface area contributed by atoms with Crippen molar-refractivity contribution < 1.29 is 4.79 Å². The van der Waals surface area contributed by atoms with Crippen molar-refractivity contribution in [2.75, 3.05) is 0 Å². The highest BCUT2D eigenvalue weighted by Gasteiger charge is 2.34. The van der Waals surface area contributed by atoms with E-state index in [-0.39, 0.29) is 11.7 Å². The molecule has 0 aliphatic heterocycles. The molecule has 1 aromatic heterocycles. The maximum atomic E-state index is 12.2. The van der Waals surface area contributed by atoms with Crippen LogP contribution < -0.4 is 0 Å². The molecule has 0 atom stereocenters. The van der Waals surface area contributed by atoms with Crippen LogP contribution in [0.3, 0.4) is 0 Å². The number of hydrogen-bond donors (Lipinski definition) is 1. The lowest BCUT2D eigenvalue weighted by molar-refractivity contribution is -0.126. The molecule has 0 saturated heterocycles. The molecule has 90 valence electrons. The van der Waals surface area contributed by atoms with Gasteiger partial charge < -0.3 is 4.98 Å². The molecule has 0 aliphatic carbocycles. The van der Waals surface area contributed by atoms with Crippen LogP contribution in [0.4, 0.5) is 0 Å². The average Bonchev–Trinajstić information content (AvgIpc) is 2.71. The highest BCUT2D eigenvalue weighted by atomic mass is 16.1. The Morgan fingerprint density at radius 1 is 1.29 bits per heavy atom. The first kappa shape index (κ1) is 11.8. The van der Waals surface area contributed by atoms with E-state index in [1.165, 1.54) is 0 Å². The first-order chi connectivity index (χ1) is 7.93. The van der Waals surface area contributed by atoms with Crippen molar-refractivity contribution in [3.05, 3.63) is 30.1 Å². The number of hydrogen-bond acceptors (Lipinski definition) is 2. The van der Waals surface area contributed by atoms with Crippen molar-refractivity contribution in [3.8, 4) is 0 Å². The monoisotopic (exact) mass is 230 g/mol. The molecule has 0 fully saturated rings. The van der Waals surface area contributed by atoms with Crippen molar-refractivity contribution in [2.24, 2.45) is 5.92 Å². The van der Waals surface area contributed by atoms with Gasteiger partial charge >= 0.3 is 0 Å². The van der Waals surface area contributed by atoms with Gasteiger partial charge in [0.05, 0.1) is 16.4 Å². The minimum absolute atomic E-state index is 0.0122. The quantitative estimate of drug-likeness (QED) is 0.880. The molecule has 1 aromatic carbocycles. The number of ketones is 1. The number of nitrogens with zero attached hydrogens (tertiary/aromatic N) is 1. The molecule has 3 heteroatoms. The number of fused-ring (bicyclic) bond motifs is 1. The van der Waals surface area contributed by atoms with Crippen molar-refractivity contribution >= 4 is 16.8 Å². The van der Waals surface area contributed by atoms with Gasteiger partial charge in [-0.2, -0.15) is 0 Å². The molecule has 3 nitrogen and oxygen atoms in total. The standard InChI is InChI=1S/C14H18N2O/c1-9(2)12(17)14(3,4)13-15-10-7-5-6-8-11(10)16-13/h5-9H,1-4H3,(H,15,16). The molecule has 2 aromatic rings. The number of aromatic nitrogens is 2. The molecule has 1 N–H and O–H groups in total. The number of imidazole rings is 1. The van der Waals surface area contributed by atoms with E-state index in [2.05, 4.69) is 9.97 Å². The summed E-state index contributed by atoms with van der Waals surface area (Å²) in [6, 6.07) is 7.83. The van der Waals surface area contributed by atoms with E-state index in [4.69, 9.17) is 0 Å². The fraction of sp³-hybridized carbons (Fsp3) is 0.429. The summed E-state index contributed by atoms with van der Waals surface area (Å²) in [5.74, 6) is 0.965. The number of Topliss-reactive ketones (excluding diaryl/α,β-unsaturated/α-hetero) is 1. The Morgan fingerprint density at radius 3 is 2.53 bits per heavy atom. The van der Waals surface area contributed by atoms with Gasteiger partial charge in [-0.05, 0) is 26.0 Å². The Kier molecular flexibility index (Phi) is 2.77. The Labute approximate surface area is 101 Å². The van der Waals surface area contributed by atoms with Crippen LogP contribution in [-0.2, 0) is 10.2 Å². The molecule has 0 spiro atoms. The van der Waals surface area contributed by atoms with Gasteiger partial charge in [-0.15, -0.1) is 0 Å². The Hall–Kier alpha value is -1.64. The number of carbonyl (C=O) groups is 1. The van der Waals surface area contributed by atoms with Gasteiger partial charge in [-0.1, -0.05) is 26.0 Å². The van der Waals surface area contributed by atoms with E-state index in [1.54, 1.807) is 0 Å². The minimum Gasteiger partial charge on any atom is -0.341 e. The fourth-order valence-corrected chi connectivity index (χ4v) is 2.09. The first-order valence-corrected chi connectivity index (χ1v) is 5.92. The summed E-state index contributed by atoms with van der Waals surface area (Å²) in [7, 11) is 0. The molecular weight excluding hydrogens is 212 g/mol. The molecule has 0 aliphatic rings. The normalized spacial score (nSPS) is 12.3. The van der Waals surface area contributed by atoms with E-state index in [0.717, 1.165) is 16.9 Å². The molecule has 1 heterocycles. The smallest absolute Gasteiger partial charge is 0.148 e. The largest absolute Gasteiger partial charge is 0.341 e. The van der Waals surface area contributed by atoms with Crippen molar-refractivity contribution in [2.45, 2.75) is 33.1 Å². The lowest BCUT2D eigenvalue weighted by atomic mass is 9.82. The van der Waals surface area contributed by atoms with Gasteiger partial charge in [0.15, 0.2) is 0 Å². The number of rotatable bonds is 3. The van der Waals surface area contributed by atoms with Crippen LogP contribution in [-0.4, -0.2) is 15.8 Å². The van der Waals surface area contributed by atoms with Gasteiger partial charge in [-0.3, -0.25) is 4.79 Å². The van der Waals surface area contributed by atoms with E-state index in [1.807, 2.05) is 52.0 Å². The minimum atomic E-state index is -0.562. The maximum Gasteiger partial charge on any atom is 0.148 e. The summed E-state index contributed by atoms with van der Waals surface area (Å²) in [5, 5.41) is 0. The van der Waals surface area contributed by atoms with Crippen LogP contribution in [0.5, 0.6) is 0 Å². The molecule has 0 radical (unpaired) electrons.